The third-order valence-corrected chi connectivity index (χ3v) is 4.95. The van der Waals surface area contributed by atoms with Crippen LogP contribution in [0.5, 0.6) is 0 Å². The highest BCUT2D eigenvalue weighted by atomic mass is 32.2. The molecule has 100 valence electrons. The molecule has 0 aromatic heterocycles. The lowest BCUT2D eigenvalue weighted by Gasteiger charge is -2.40. The molecule has 2 saturated heterocycles. The summed E-state index contributed by atoms with van der Waals surface area (Å²) in [7, 11) is 0. The molecule has 2 aliphatic rings. The molecule has 17 heavy (non-hydrogen) atoms. The zero-order valence-corrected chi connectivity index (χ0v) is 11.7. The molecule has 1 N–H and O–H groups in total. The number of hydrogen-bond donors (Lipinski definition) is 1. The molecule has 0 saturated carbocycles. The van der Waals surface area contributed by atoms with Gasteiger partial charge in [0.25, 0.3) is 0 Å². The van der Waals surface area contributed by atoms with Crippen molar-refractivity contribution < 1.29 is 14.6 Å². The molecule has 4 unspecified atom stereocenters. The van der Waals surface area contributed by atoms with E-state index in [0.29, 0.717) is 18.4 Å². The summed E-state index contributed by atoms with van der Waals surface area (Å²) in [6.45, 7) is 4.45. The van der Waals surface area contributed by atoms with Crippen LogP contribution >= 0.6 is 11.8 Å². The standard InChI is InChI=1S/C13H24O3S/c1-10(8-17-2)12(14)11-3-5-16-13(7-11)4-6-15-9-13/h10-12,14H,3-9H2,1-2H3. The summed E-state index contributed by atoms with van der Waals surface area (Å²) in [5, 5.41) is 10.4. The summed E-state index contributed by atoms with van der Waals surface area (Å²) in [6.07, 6.45) is 4.85. The van der Waals surface area contributed by atoms with E-state index >= 15 is 0 Å². The van der Waals surface area contributed by atoms with Crippen LogP contribution in [-0.4, -0.2) is 48.6 Å². The molecule has 0 aliphatic carbocycles. The van der Waals surface area contributed by atoms with Crippen molar-refractivity contribution in [2.45, 2.75) is 37.9 Å². The van der Waals surface area contributed by atoms with Gasteiger partial charge in [-0.1, -0.05) is 6.92 Å². The Morgan fingerprint density at radius 3 is 2.94 bits per heavy atom. The average Bonchev–Trinajstić information content (AvgIpc) is 2.76. The number of hydrogen-bond acceptors (Lipinski definition) is 4. The summed E-state index contributed by atoms with van der Waals surface area (Å²) in [4.78, 5) is 0. The molecule has 2 rings (SSSR count). The van der Waals surface area contributed by atoms with Gasteiger partial charge >= 0.3 is 0 Å². The number of aliphatic hydroxyl groups is 1. The minimum absolute atomic E-state index is 0.0804. The van der Waals surface area contributed by atoms with E-state index < -0.39 is 0 Å². The first-order chi connectivity index (χ1) is 8.17. The monoisotopic (exact) mass is 260 g/mol. The molecule has 3 nitrogen and oxygen atoms in total. The summed E-state index contributed by atoms with van der Waals surface area (Å²) in [5.74, 6) is 1.78. The van der Waals surface area contributed by atoms with E-state index in [0.717, 1.165) is 38.2 Å². The van der Waals surface area contributed by atoms with E-state index in [2.05, 4.69) is 13.2 Å². The summed E-state index contributed by atoms with van der Waals surface area (Å²) in [6, 6.07) is 0. The van der Waals surface area contributed by atoms with E-state index in [1.807, 2.05) is 11.8 Å². The molecular weight excluding hydrogens is 236 g/mol. The van der Waals surface area contributed by atoms with Crippen LogP contribution in [0.2, 0.25) is 0 Å². The molecule has 0 aromatic rings. The summed E-state index contributed by atoms with van der Waals surface area (Å²) in [5.41, 5.74) is -0.0804. The summed E-state index contributed by atoms with van der Waals surface area (Å²) >= 11 is 1.81. The van der Waals surface area contributed by atoms with Crippen LogP contribution in [0.3, 0.4) is 0 Å². The van der Waals surface area contributed by atoms with Crippen LogP contribution in [0.1, 0.15) is 26.2 Å². The van der Waals surface area contributed by atoms with E-state index in [1.54, 1.807) is 0 Å². The van der Waals surface area contributed by atoms with Crippen LogP contribution in [0, 0.1) is 11.8 Å². The minimum atomic E-state index is -0.191. The molecule has 0 aromatic carbocycles. The normalized spacial score (nSPS) is 37.2. The fourth-order valence-corrected chi connectivity index (χ4v) is 3.77. The second kappa shape index (κ2) is 5.91. The van der Waals surface area contributed by atoms with Crippen molar-refractivity contribution in [2.24, 2.45) is 11.8 Å². The molecule has 4 atom stereocenters. The van der Waals surface area contributed by atoms with Crippen LogP contribution in [-0.2, 0) is 9.47 Å². The lowest BCUT2D eigenvalue weighted by molar-refractivity contribution is -0.121. The van der Waals surface area contributed by atoms with Crippen molar-refractivity contribution in [3.05, 3.63) is 0 Å². The lowest BCUT2D eigenvalue weighted by atomic mass is 9.79. The van der Waals surface area contributed by atoms with Crippen molar-refractivity contribution >= 4 is 11.8 Å². The van der Waals surface area contributed by atoms with Crippen molar-refractivity contribution in [3.8, 4) is 0 Å². The maximum absolute atomic E-state index is 10.4. The first-order valence-corrected chi connectivity index (χ1v) is 7.95. The Hall–Kier alpha value is 0.230. The van der Waals surface area contributed by atoms with Gasteiger partial charge in [0.05, 0.1) is 18.3 Å². The molecule has 2 heterocycles. The number of rotatable bonds is 4. The Morgan fingerprint density at radius 1 is 1.47 bits per heavy atom. The smallest absolute Gasteiger partial charge is 0.0940 e. The summed E-state index contributed by atoms with van der Waals surface area (Å²) < 4.78 is 11.4. The first-order valence-electron chi connectivity index (χ1n) is 6.55. The number of thioether (sulfide) groups is 1. The molecule has 1 spiro atoms. The van der Waals surface area contributed by atoms with Gasteiger partial charge in [0.1, 0.15) is 0 Å². The van der Waals surface area contributed by atoms with Gasteiger partial charge < -0.3 is 14.6 Å². The van der Waals surface area contributed by atoms with Crippen molar-refractivity contribution in [1.29, 1.82) is 0 Å². The average molecular weight is 260 g/mol. The van der Waals surface area contributed by atoms with Gasteiger partial charge in [-0.25, -0.2) is 0 Å². The van der Waals surface area contributed by atoms with E-state index in [-0.39, 0.29) is 11.7 Å². The van der Waals surface area contributed by atoms with Gasteiger partial charge in [0.15, 0.2) is 0 Å². The highest BCUT2D eigenvalue weighted by Gasteiger charge is 2.43. The van der Waals surface area contributed by atoms with Gasteiger partial charge in [-0.15, -0.1) is 0 Å². The highest BCUT2D eigenvalue weighted by molar-refractivity contribution is 7.98. The van der Waals surface area contributed by atoms with Crippen LogP contribution in [0.15, 0.2) is 0 Å². The second-order valence-corrected chi connectivity index (χ2v) is 6.42. The molecule has 0 amide bonds. The molecule has 0 bridgehead atoms. The lowest BCUT2D eigenvalue weighted by Crippen LogP contribution is -2.45. The minimum Gasteiger partial charge on any atom is -0.393 e. The Balaban J connectivity index is 1.92. The van der Waals surface area contributed by atoms with Crippen LogP contribution < -0.4 is 0 Å². The molecule has 2 fully saturated rings. The fourth-order valence-electron chi connectivity index (χ4n) is 3.05. The van der Waals surface area contributed by atoms with E-state index in [4.69, 9.17) is 9.47 Å². The van der Waals surface area contributed by atoms with Gasteiger partial charge in [-0.2, -0.15) is 11.8 Å². The third kappa shape index (κ3) is 3.16. The third-order valence-electron chi connectivity index (χ3n) is 4.09. The van der Waals surface area contributed by atoms with Gasteiger partial charge in [-0.05, 0) is 36.7 Å². The topological polar surface area (TPSA) is 38.7 Å². The van der Waals surface area contributed by atoms with Crippen molar-refractivity contribution in [2.75, 3.05) is 31.8 Å². The Labute approximate surface area is 108 Å². The predicted molar refractivity (Wildman–Crippen MR) is 70.4 cm³/mol. The van der Waals surface area contributed by atoms with Crippen LogP contribution in [0.4, 0.5) is 0 Å². The Kier molecular flexibility index (Phi) is 4.75. The van der Waals surface area contributed by atoms with E-state index in [9.17, 15) is 5.11 Å². The largest absolute Gasteiger partial charge is 0.393 e. The van der Waals surface area contributed by atoms with Crippen molar-refractivity contribution in [1.82, 2.24) is 0 Å². The van der Waals surface area contributed by atoms with Gasteiger partial charge in [-0.3, -0.25) is 0 Å². The Bertz CT molecular complexity index is 241. The highest BCUT2D eigenvalue weighted by Crippen LogP contribution is 2.38. The molecular formula is C13H24O3S. The van der Waals surface area contributed by atoms with Gasteiger partial charge in [0.2, 0.25) is 0 Å². The second-order valence-electron chi connectivity index (χ2n) is 5.51. The van der Waals surface area contributed by atoms with Gasteiger partial charge in [0, 0.05) is 19.6 Å². The predicted octanol–water partition coefficient (Wildman–Crippen LogP) is 1.93. The zero-order chi connectivity index (χ0) is 12.3. The Morgan fingerprint density at radius 2 is 2.29 bits per heavy atom. The quantitative estimate of drug-likeness (QED) is 0.838. The zero-order valence-electron chi connectivity index (χ0n) is 10.9. The number of aliphatic hydroxyl groups excluding tert-OH is 1. The van der Waals surface area contributed by atoms with E-state index in [1.165, 1.54) is 0 Å². The van der Waals surface area contributed by atoms with Crippen molar-refractivity contribution in [3.63, 3.8) is 0 Å². The first kappa shape index (κ1) is 13.7. The molecule has 0 radical (unpaired) electrons. The maximum Gasteiger partial charge on any atom is 0.0940 e. The number of ether oxygens (including phenoxy) is 2. The maximum atomic E-state index is 10.4. The molecule has 2 aliphatic heterocycles. The molecule has 4 heteroatoms. The SMILES string of the molecule is CSCC(C)C(O)C1CCOC2(CCOC2)C1. The van der Waals surface area contributed by atoms with Crippen LogP contribution in [0.25, 0.3) is 0 Å². The fraction of sp³-hybridized carbons (Fsp3) is 1.00.